The number of nitrogens with zero attached hydrogens (tertiary/aromatic N) is 4. The zero-order valence-electron chi connectivity index (χ0n) is 14.0. The van der Waals surface area contributed by atoms with Crippen molar-refractivity contribution in [1.82, 2.24) is 4.90 Å². The first-order valence-corrected chi connectivity index (χ1v) is 8.91. The fraction of sp³-hybridized carbons (Fsp3) is 0.176. The normalized spacial score (nSPS) is 13.3. The maximum absolute atomic E-state index is 12.7. The molecule has 9 nitrogen and oxygen atoms in total. The van der Waals surface area contributed by atoms with Gasteiger partial charge >= 0.3 is 0 Å². The predicted molar refractivity (Wildman–Crippen MR) is 101 cm³/mol. The third kappa shape index (κ3) is 4.29. The summed E-state index contributed by atoms with van der Waals surface area (Å²) in [7, 11) is 0. The number of nitro benzene ring substituents is 2. The summed E-state index contributed by atoms with van der Waals surface area (Å²) in [5.74, 6) is 0.154. The molecule has 1 aliphatic heterocycles. The molecule has 0 bridgehead atoms. The maximum Gasteiger partial charge on any atom is 0.270 e. The Morgan fingerprint density at radius 2 is 1.78 bits per heavy atom. The van der Waals surface area contributed by atoms with Crippen molar-refractivity contribution in [3.05, 3.63) is 79.9 Å². The third-order valence-electron chi connectivity index (χ3n) is 3.87. The van der Waals surface area contributed by atoms with E-state index >= 15 is 0 Å². The van der Waals surface area contributed by atoms with Crippen LogP contribution in [-0.4, -0.2) is 38.9 Å². The molecule has 2 aromatic carbocycles. The lowest BCUT2D eigenvalue weighted by Crippen LogP contribution is -2.32. The number of carbonyl (C=O) groups excluding carboxylic acids is 1. The lowest BCUT2D eigenvalue weighted by molar-refractivity contribution is -0.385. The summed E-state index contributed by atoms with van der Waals surface area (Å²) in [6.07, 6.45) is 0. The lowest BCUT2D eigenvalue weighted by atomic mass is 10.2. The number of amidine groups is 1. The molecule has 0 fully saturated rings. The van der Waals surface area contributed by atoms with Crippen LogP contribution in [0.4, 0.5) is 11.4 Å². The van der Waals surface area contributed by atoms with Gasteiger partial charge in [-0.05, 0) is 11.6 Å². The zero-order valence-corrected chi connectivity index (χ0v) is 14.8. The van der Waals surface area contributed by atoms with Gasteiger partial charge in [-0.25, -0.2) is 0 Å². The number of amides is 1. The first kappa shape index (κ1) is 18.5. The Morgan fingerprint density at radius 1 is 1.07 bits per heavy atom. The molecule has 0 N–H and O–H groups in total. The lowest BCUT2D eigenvalue weighted by Gasteiger charge is -2.17. The molecular weight excluding hydrogens is 372 g/mol. The summed E-state index contributed by atoms with van der Waals surface area (Å²) < 4.78 is 0. The summed E-state index contributed by atoms with van der Waals surface area (Å²) in [5, 5.41) is 22.1. The monoisotopic (exact) mass is 386 g/mol. The van der Waals surface area contributed by atoms with E-state index in [0.29, 0.717) is 24.0 Å². The van der Waals surface area contributed by atoms with E-state index in [1.165, 1.54) is 53.1 Å². The quantitative estimate of drug-likeness (QED) is 0.575. The number of rotatable bonds is 5. The van der Waals surface area contributed by atoms with E-state index in [4.69, 9.17) is 0 Å². The van der Waals surface area contributed by atoms with Crippen LogP contribution in [0, 0.1) is 20.2 Å². The average Bonchev–Trinajstić information content (AvgIpc) is 3.14. The van der Waals surface area contributed by atoms with E-state index in [-0.39, 0.29) is 22.8 Å². The number of nitro groups is 2. The third-order valence-corrected chi connectivity index (χ3v) is 4.95. The van der Waals surface area contributed by atoms with Crippen LogP contribution in [0.2, 0.25) is 0 Å². The second kappa shape index (κ2) is 7.96. The molecule has 138 valence electrons. The largest absolute Gasteiger partial charge is 0.286 e. The Balaban J connectivity index is 1.68. The topological polar surface area (TPSA) is 119 Å². The van der Waals surface area contributed by atoms with Gasteiger partial charge in [-0.2, -0.15) is 0 Å². The van der Waals surface area contributed by atoms with Crippen LogP contribution in [0.1, 0.15) is 15.9 Å². The number of hydrogen-bond donors (Lipinski definition) is 0. The highest BCUT2D eigenvalue weighted by Crippen LogP contribution is 2.23. The smallest absolute Gasteiger partial charge is 0.270 e. The van der Waals surface area contributed by atoms with Gasteiger partial charge in [0.25, 0.3) is 17.3 Å². The van der Waals surface area contributed by atoms with E-state index in [0.717, 1.165) is 5.56 Å². The fourth-order valence-electron chi connectivity index (χ4n) is 2.51. The fourth-order valence-corrected chi connectivity index (χ4v) is 3.51. The van der Waals surface area contributed by atoms with Gasteiger partial charge in [0.2, 0.25) is 0 Å². The van der Waals surface area contributed by atoms with E-state index in [1.807, 2.05) is 0 Å². The Labute approximate surface area is 158 Å². The van der Waals surface area contributed by atoms with Crippen molar-refractivity contribution >= 4 is 34.2 Å². The first-order chi connectivity index (χ1) is 13.0. The van der Waals surface area contributed by atoms with Gasteiger partial charge in [0, 0.05) is 42.1 Å². The number of carbonyl (C=O) groups is 1. The van der Waals surface area contributed by atoms with Crippen molar-refractivity contribution in [2.45, 2.75) is 5.75 Å². The molecule has 1 amide bonds. The van der Waals surface area contributed by atoms with Crippen LogP contribution in [0.15, 0.2) is 53.5 Å². The molecule has 0 unspecified atom stereocenters. The molecule has 1 aliphatic rings. The number of thioether (sulfide) groups is 1. The van der Waals surface area contributed by atoms with Gasteiger partial charge in [0.05, 0.1) is 16.4 Å². The maximum atomic E-state index is 12.7. The minimum Gasteiger partial charge on any atom is -0.286 e. The summed E-state index contributed by atoms with van der Waals surface area (Å²) in [4.78, 5) is 39.1. The average molecular weight is 386 g/mol. The van der Waals surface area contributed by atoms with E-state index in [1.54, 1.807) is 12.1 Å². The van der Waals surface area contributed by atoms with Crippen LogP contribution < -0.4 is 0 Å². The molecule has 3 rings (SSSR count). The van der Waals surface area contributed by atoms with Crippen LogP contribution in [-0.2, 0) is 5.75 Å². The van der Waals surface area contributed by atoms with Gasteiger partial charge < -0.3 is 0 Å². The molecule has 2 aromatic rings. The molecule has 0 aliphatic carbocycles. The van der Waals surface area contributed by atoms with Crippen molar-refractivity contribution in [2.24, 2.45) is 4.99 Å². The van der Waals surface area contributed by atoms with Gasteiger partial charge in [0.15, 0.2) is 5.17 Å². The van der Waals surface area contributed by atoms with E-state index < -0.39 is 9.85 Å². The van der Waals surface area contributed by atoms with Crippen molar-refractivity contribution < 1.29 is 14.6 Å². The van der Waals surface area contributed by atoms with Gasteiger partial charge in [-0.3, -0.25) is 34.9 Å². The molecule has 10 heteroatoms. The molecule has 0 saturated heterocycles. The van der Waals surface area contributed by atoms with Crippen molar-refractivity contribution in [1.29, 1.82) is 0 Å². The Morgan fingerprint density at radius 3 is 2.44 bits per heavy atom. The number of hydrogen-bond acceptors (Lipinski definition) is 7. The molecule has 0 radical (unpaired) electrons. The SMILES string of the molecule is O=C(c1cccc([N+](=O)[O-])c1)N1CCN=C1SCc1ccc([N+](=O)[O-])cc1. The first-order valence-electron chi connectivity index (χ1n) is 7.92. The van der Waals surface area contributed by atoms with Crippen molar-refractivity contribution in [2.75, 3.05) is 13.1 Å². The van der Waals surface area contributed by atoms with Crippen molar-refractivity contribution in [3.8, 4) is 0 Å². The highest BCUT2D eigenvalue weighted by molar-refractivity contribution is 8.13. The Bertz CT molecular complexity index is 929. The summed E-state index contributed by atoms with van der Waals surface area (Å²) in [6.45, 7) is 0.868. The molecular formula is C17H14N4O5S. The van der Waals surface area contributed by atoms with E-state index in [2.05, 4.69) is 4.99 Å². The van der Waals surface area contributed by atoms with Crippen LogP contribution in [0.3, 0.4) is 0 Å². The van der Waals surface area contributed by atoms with Gasteiger partial charge in [0.1, 0.15) is 0 Å². The van der Waals surface area contributed by atoms with Crippen LogP contribution in [0.5, 0.6) is 0 Å². The Kier molecular flexibility index (Phi) is 5.46. The molecule has 1 heterocycles. The highest BCUT2D eigenvalue weighted by Gasteiger charge is 2.26. The number of non-ortho nitro benzene ring substituents is 2. The van der Waals surface area contributed by atoms with Crippen LogP contribution in [0.25, 0.3) is 0 Å². The van der Waals surface area contributed by atoms with E-state index in [9.17, 15) is 25.0 Å². The number of aliphatic imine (C=N–C) groups is 1. The van der Waals surface area contributed by atoms with Crippen LogP contribution >= 0.6 is 11.8 Å². The minimum absolute atomic E-state index is 0.0180. The molecule has 0 saturated carbocycles. The zero-order chi connectivity index (χ0) is 19.4. The molecule has 27 heavy (non-hydrogen) atoms. The Hall–Kier alpha value is -3.27. The van der Waals surface area contributed by atoms with Gasteiger partial charge in [-0.15, -0.1) is 0 Å². The van der Waals surface area contributed by atoms with Gasteiger partial charge in [-0.1, -0.05) is 30.0 Å². The summed E-state index contributed by atoms with van der Waals surface area (Å²) in [5.41, 5.74) is 0.971. The second-order valence-corrected chi connectivity index (χ2v) is 6.58. The highest BCUT2D eigenvalue weighted by atomic mass is 32.2. The predicted octanol–water partition coefficient (Wildman–Crippen LogP) is 3.25. The van der Waals surface area contributed by atoms with Crippen molar-refractivity contribution in [3.63, 3.8) is 0 Å². The molecule has 0 aromatic heterocycles. The second-order valence-electron chi connectivity index (χ2n) is 5.64. The molecule has 0 atom stereocenters. The number of benzene rings is 2. The summed E-state index contributed by atoms with van der Waals surface area (Å²) >= 11 is 1.34. The molecule has 0 spiro atoms. The minimum atomic E-state index is -0.543. The summed E-state index contributed by atoms with van der Waals surface area (Å²) in [6, 6.07) is 11.8. The standard InChI is InChI=1S/C17H14N4O5S/c22-16(13-2-1-3-15(10-13)21(25)26)19-9-8-18-17(19)27-11-12-4-6-14(7-5-12)20(23)24/h1-7,10H,8-9,11H2.